The molecule has 0 bridgehead atoms. The van der Waals surface area contributed by atoms with Crippen molar-refractivity contribution in [3.05, 3.63) is 29.8 Å². The van der Waals surface area contributed by atoms with Gasteiger partial charge in [0.05, 0.1) is 6.54 Å². The summed E-state index contributed by atoms with van der Waals surface area (Å²) >= 11 is 0. The first-order valence-electron chi connectivity index (χ1n) is 6.77. The molecule has 1 aromatic rings. The number of carbonyl (C=O) groups excluding carboxylic acids is 1. The monoisotopic (exact) mass is 248 g/mol. The van der Waals surface area contributed by atoms with Crippen LogP contribution in [-0.4, -0.2) is 18.5 Å². The van der Waals surface area contributed by atoms with E-state index in [9.17, 15) is 4.79 Å². The number of rotatable bonds is 7. The molecule has 0 fully saturated rings. The van der Waals surface area contributed by atoms with Crippen LogP contribution in [-0.2, 0) is 11.2 Å². The number of amides is 1. The quantitative estimate of drug-likeness (QED) is 0.779. The zero-order valence-electron chi connectivity index (χ0n) is 11.6. The second kappa shape index (κ2) is 7.88. The van der Waals surface area contributed by atoms with E-state index in [0.29, 0.717) is 12.6 Å². The number of anilines is 1. The summed E-state index contributed by atoms with van der Waals surface area (Å²) in [6.45, 7) is 6.71. The zero-order chi connectivity index (χ0) is 13.4. The molecule has 3 heteroatoms. The van der Waals surface area contributed by atoms with E-state index in [-0.39, 0.29) is 5.91 Å². The molecule has 0 aliphatic rings. The first-order valence-corrected chi connectivity index (χ1v) is 6.77. The fourth-order valence-corrected chi connectivity index (χ4v) is 1.66. The van der Waals surface area contributed by atoms with E-state index in [1.165, 1.54) is 5.56 Å². The minimum Gasteiger partial charge on any atom is -0.325 e. The SMILES string of the molecule is CCCc1ccc(NC(=O)CNC(C)CC)cc1. The first kappa shape index (κ1) is 14.7. The van der Waals surface area contributed by atoms with E-state index in [2.05, 4.69) is 43.5 Å². The van der Waals surface area contributed by atoms with Crippen LogP contribution < -0.4 is 10.6 Å². The Morgan fingerprint density at radius 2 is 1.89 bits per heavy atom. The molecule has 1 rings (SSSR count). The summed E-state index contributed by atoms with van der Waals surface area (Å²) in [7, 11) is 0. The summed E-state index contributed by atoms with van der Waals surface area (Å²) in [6.07, 6.45) is 3.26. The number of aryl methyl sites for hydroxylation is 1. The number of carbonyl (C=O) groups is 1. The van der Waals surface area contributed by atoms with E-state index in [4.69, 9.17) is 0 Å². The maximum absolute atomic E-state index is 11.7. The molecule has 2 N–H and O–H groups in total. The topological polar surface area (TPSA) is 41.1 Å². The Morgan fingerprint density at radius 1 is 1.22 bits per heavy atom. The van der Waals surface area contributed by atoms with Gasteiger partial charge in [-0.3, -0.25) is 4.79 Å². The van der Waals surface area contributed by atoms with Crippen molar-refractivity contribution in [3.63, 3.8) is 0 Å². The second-order valence-electron chi connectivity index (χ2n) is 4.69. The third-order valence-corrected chi connectivity index (χ3v) is 3.00. The minimum absolute atomic E-state index is 0.0125. The predicted molar refractivity (Wildman–Crippen MR) is 76.8 cm³/mol. The van der Waals surface area contributed by atoms with Crippen LogP contribution in [0.25, 0.3) is 0 Å². The fraction of sp³-hybridized carbons (Fsp3) is 0.533. The second-order valence-corrected chi connectivity index (χ2v) is 4.69. The smallest absolute Gasteiger partial charge is 0.238 e. The van der Waals surface area contributed by atoms with Gasteiger partial charge in [0.15, 0.2) is 0 Å². The molecule has 1 amide bonds. The normalized spacial score (nSPS) is 12.2. The summed E-state index contributed by atoms with van der Waals surface area (Å²) in [5.41, 5.74) is 2.18. The van der Waals surface area contributed by atoms with E-state index >= 15 is 0 Å². The average Bonchev–Trinajstić information content (AvgIpc) is 2.38. The molecule has 0 radical (unpaired) electrons. The number of benzene rings is 1. The molecule has 1 unspecified atom stereocenters. The van der Waals surface area contributed by atoms with E-state index in [1.807, 2.05) is 12.1 Å². The molecule has 1 atom stereocenters. The van der Waals surface area contributed by atoms with Gasteiger partial charge in [0.2, 0.25) is 5.91 Å². The minimum atomic E-state index is 0.0125. The van der Waals surface area contributed by atoms with Crippen molar-refractivity contribution in [2.45, 2.75) is 46.1 Å². The first-order chi connectivity index (χ1) is 8.65. The maximum atomic E-state index is 11.7. The molecule has 0 saturated heterocycles. The van der Waals surface area contributed by atoms with Crippen molar-refractivity contribution in [1.82, 2.24) is 5.32 Å². The lowest BCUT2D eigenvalue weighted by Crippen LogP contribution is -2.33. The van der Waals surface area contributed by atoms with Crippen LogP contribution in [0.1, 0.15) is 39.2 Å². The lowest BCUT2D eigenvalue weighted by molar-refractivity contribution is -0.115. The van der Waals surface area contributed by atoms with Gasteiger partial charge in [-0.05, 0) is 37.5 Å². The summed E-state index contributed by atoms with van der Waals surface area (Å²) in [4.78, 5) is 11.7. The third kappa shape index (κ3) is 5.32. The van der Waals surface area contributed by atoms with Crippen LogP contribution in [0.15, 0.2) is 24.3 Å². The highest BCUT2D eigenvalue weighted by atomic mass is 16.1. The van der Waals surface area contributed by atoms with Gasteiger partial charge in [-0.1, -0.05) is 32.4 Å². The van der Waals surface area contributed by atoms with Gasteiger partial charge < -0.3 is 10.6 Å². The number of nitrogens with one attached hydrogen (secondary N) is 2. The Balaban J connectivity index is 2.39. The largest absolute Gasteiger partial charge is 0.325 e. The van der Waals surface area contributed by atoms with Crippen molar-refractivity contribution in [1.29, 1.82) is 0 Å². The summed E-state index contributed by atoms with van der Waals surface area (Å²) in [5, 5.41) is 6.06. The maximum Gasteiger partial charge on any atom is 0.238 e. The highest BCUT2D eigenvalue weighted by molar-refractivity contribution is 5.92. The molecule has 18 heavy (non-hydrogen) atoms. The van der Waals surface area contributed by atoms with Crippen LogP contribution in [0.4, 0.5) is 5.69 Å². The molecule has 0 aliphatic carbocycles. The van der Waals surface area contributed by atoms with Crippen LogP contribution in [0, 0.1) is 0 Å². The van der Waals surface area contributed by atoms with Crippen LogP contribution >= 0.6 is 0 Å². The Morgan fingerprint density at radius 3 is 2.44 bits per heavy atom. The third-order valence-electron chi connectivity index (χ3n) is 3.00. The van der Waals surface area contributed by atoms with Gasteiger partial charge in [0.25, 0.3) is 0 Å². The Kier molecular flexibility index (Phi) is 6.44. The summed E-state index contributed by atoms with van der Waals surface area (Å²) in [5.74, 6) is 0.0125. The van der Waals surface area contributed by atoms with Crippen molar-refractivity contribution in [2.75, 3.05) is 11.9 Å². The standard InChI is InChI=1S/C15H24N2O/c1-4-6-13-7-9-14(10-8-13)17-15(18)11-16-12(3)5-2/h7-10,12,16H,4-6,11H2,1-3H3,(H,17,18). The van der Waals surface area contributed by atoms with E-state index in [0.717, 1.165) is 24.9 Å². The lowest BCUT2D eigenvalue weighted by Gasteiger charge is -2.11. The highest BCUT2D eigenvalue weighted by Gasteiger charge is 2.04. The molecule has 1 aromatic carbocycles. The van der Waals surface area contributed by atoms with Gasteiger partial charge in [0.1, 0.15) is 0 Å². The fourth-order valence-electron chi connectivity index (χ4n) is 1.66. The Hall–Kier alpha value is -1.35. The van der Waals surface area contributed by atoms with Gasteiger partial charge in [-0.25, -0.2) is 0 Å². The highest BCUT2D eigenvalue weighted by Crippen LogP contribution is 2.10. The summed E-state index contributed by atoms with van der Waals surface area (Å²) < 4.78 is 0. The predicted octanol–water partition coefficient (Wildman–Crippen LogP) is 2.97. The number of hydrogen-bond acceptors (Lipinski definition) is 2. The average molecular weight is 248 g/mol. The summed E-state index contributed by atoms with van der Waals surface area (Å²) in [6, 6.07) is 8.45. The van der Waals surface area contributed by atoms with Crippen LogP contribution in [0.2, 0.25) is 0 Å². The molecular formula is C15H24N2O. The van der Waals surface area contributed by atoms with E-state index < -0.39 is 0 Å². The van der Waals surface area contributed by atoms with E-state index in [1.54, 1.807) is 0 Å². The molecule has 0 spiro atoms. The van der Waals surface area contributed by atoms with Crippen molar-refractivity contribution >= 4 is 11.6 Å². The zero-order valence-corrected chi connectivity index (χ0v) is 11.6. The Labute approximate surface area is 110 Å². The van der Waals surface area contributed by atoms with Gasteiger partial charge in [-0.2, -0.15) is 0 Å². The van der Waals surface area contributed by atoms with Crippen molar-refractivity contribution in [3.8, 4) is 0 Å². The van der Waals surface area contributed by atoms with Crippen LogP contribution in [0.5, 0.6) is 0 Å². The van der Waals surface area contributed by atoms with Crippen molar-refractivity contribution in [2.24, 2.45) is 0 Å². The molecule has 100 valence electrons. The molecule has 0 aliphatic heterocycles. The Bertz CT molecular complexity index is 359. The molecule has 0 heterocycles. The van der Waals surface area contributed by atoms with Gasteiger partial charge in [0, 0.05) is 11.7 Å². The lowest BCUT2D eigenvalue weighted by atomic mass is 10.1. The van der Waals surface area contributed by atoms with Gasteiger partial charge >= 0.3 is 0 Å². The number of hydrogen-bond donors (Lipinski definition) is 2. The molecule has 3 nitrogen and oxygen atoms in total. The molecule has 0 aromatic heterocycles. The van der Waals surface area contributed by atoms with Crippen LogP contribution in [0.3, 0.4) is 0 Å². The molecule has 0 saturated carbocycles. The molecular weight excluding hydrogens is 224 g/mol. The van der Waals surface area contributed by atoms with Crippen molar-refractivity contribution < 1.29 is 4.79 Å². The van der Waals surface area contributed by atoms with Gasteiger partial charge in [-0.15, -0.1) is 0 Å².